The molecule has 2 fully saturated rings. The Kier molecular flexibility index (Phi) is 5.95. The van der Waals surface area contributed by atoms with E-state index in [0.29, 0.717) is 32.2 Å². The van der Waals surface area contributed by atoms with E-state index in [-0.39, 0.29) is 11.9 Å². The molecule has 3 atom stereocenters. The summed E-state index contributed by atoms with van der Waals surface area (Å²) in [7, 11) is -3.44. The number of nitrogens with zero attached hydrogens (tertiary/aromatic N) is 2. The Morgan fingerprint density at radius 1 is 1.37 bits per heavy atom. The van der Waals surface area contributed by atoms with Gasteiger partial charge in [0.2, 0.25) is 10.0 Å². The van der Waals surface area contributed by atoms with Gasteiger partial charge in [0.15, 0.2) is 0 Å². The third-order valence-electron chi connectivity index (χ3n) is 5.88. The molecule has 0 aromatic heterocycles. The highest BCUT2D eigenvalue weighted by Crippen LogP contribution is 2.36. The molecule has 1 saturated carbocycles. The lowest BCUT2D eigenvalue weighted by atomic mass is 9.79. The molecule has 1 amide bonds. The molecule has 0 bridgehead atoms. The van der Waals surface area contributed by atoms with Gasteiger partial charge in [-0.05, 0) is 42.7 Å². The standard InChI is InChI=1S/C21H25N3O4S2/c1-30(27,28)23-17-8-12-24(20(25)21(26)10-5-11-21)18(17)14-16-9-13-29-19(22-16)15-6-3-2-4-7-15/h2-4,6-7,16-18,23,26H,5,8,10-12,14H2,1H3. The van der Waals surface area contributed by atoms with E-state index in [0.717, 1.165) is 23.3 Å². The molecule has 0 spiro atoms. The monoisotopic (exact) mass is 447 g/mol. The Morgan fingerprint density at radius 3 is 2.73 bits per heavy atom. The van der Waals surface area contributed by atoms with Crippen molar-refractivity contribution < 1.29 is 18.3 Å². The SMILES string of the molecule is CS(=O)(=O)NC1CCN(C(=O)C2(O)CCC2)C1CC1C#CSC(c2ccccc2)=N1. The summed E-state index contributed by atoms with van der Waals surface area (Å²) in [4.78, 5) is 19.4. The molecule has 1 saturated heterocycles. The lowest BCUT2D eigenvalue weighted by Crippen LogP contribution is -2.57. The second-order valence-electron chi connectivity index (χ2n) is 8.14. The smallest absolute Gasteiger partial charge is 0.254 e. The van der Waals surface area contributed by atoms with E-state index >= 15 is 0 Å². The van der Waals surface area contributed by atoms with Gasteiger partial charge in [0.1, 0.15) is 16.7 Å². The van der Waals surface area contributed by atoms with E-state index < -0.39 is 27.7 Å². The van der Waals surface area contributed by atoms with Crippen molar-refractivity contribution in [2.24, 2.45) is 4.99 Å². The zero-order valence-electron chi connectivity index (χ0n) is 16.7. The van der Waals surface area contributed by atoms with Crippen LogP contribution < -0.4 is 4.72 Å². The normalized spacial score (nSPS) is 27.6. The minimum Gasteiger partial charge on any atom is -0.380 e. The Morgan fingerprint density at radius 2 is 2.10 bits per heavy atom. The van der Waals surface area contributed by atoms with Gasteiger partial charge in [-0.2, -0.15) is 0 Å². The molecule has 160 valence electrons. The third-order valence-corrected chi connectivity index (χ3v) is 7.37. The largest absolute Gasteiger partial charge is 0.380 e. The average Bonchev–Trinajstić information content (AvgIpc) is 3.07. The van der Waals surface area contributed by atoms with Crippen molar-refractivity contribution in [2.45, 2.75) is 55.8 Å². The highest BCUT2D eigenvalue weighted by atomic mass is 32.2. The van der Waals surface area contributed by atoms with E-state index in [4.69, 9.17) is 4.99 Å². The van der Waals surface area contributed by atoms with Crippen LogP contribution in [0, 0.1) is 11.2 Å². The quantitative estimate of drug-likeness (QED) is 0.641. The zero-order chi connectivity index (χ0) is 21.4. The summed E-state index contributed by atoms with van der Waals surface area (Å²) >= 11 is 1.37. The van der Waals surface area contributed by atoms with Crippen molar-refractivity contribution in [1.29, 1.82) is 0 Å². The predicted molar refractivity (Wildman–Crippen MR) is 117 cm³/mol. The van der Waals surface area contributed by atoms with Crippen LogP contribution in [0.4, 0.5) is 0 Å². The van der Waals surface area contributed by atoms with Crippen LogP contribution >= 0.6 is 11.8 Å². The summed E-state index contributed by atoms with van der Waals surface area (Å²) in [5.41, 5.74) is -0.333. The highest BCUT2D eigenvalue weighted by Gasteiger charge is 2.49. The maximum absolute atomic E-state index is 13.0. The Balaban J connectivity index is 1.57. The number of benzene rings is 1. The molecular weight excluding hydrogens is 422 g/mol. The summed E-state index contributed by atoms with van der Waals surface area (Å²) in [5, 5.41) is 14.5. The van der Waals surface area contributed by atoms with Crippen LogP contribution in [0.2, 0.25) is 0 Å². The van der Waals surface area contributed by atoms with Gasteiger partial charge < -0.3 is 10.0 Å². The number of sulfonamides is 1. The van der Waals surface area contributed by atoms with Crippen LogP contribution in [-0.4, -0.2) is 65.9 Å². The molecule has 4 rings (SSSR count). The lowest BCUT2D eigenvalue weighted by Gasteiger charge is -2.40. The van der Waals surface area contributed by atoms with Gasteiger partial charge in [0.05, 0.1) is 12.3 Å². The van der Waals surface area contributed by atoms with Crippen molar-refractivity contribution >= 4 is 32.7 Å². The highest BCUT2D eigenvalue weighted by molar-refractivity contribution is 8.18. The van der Waals surface area contributed by atoms with Gasteiger partial charge in [0, 0.05) is 24.6 Å². The summed E-state index contributed by atoms with van der Waals surface area (Å²) in [6.07, 6.45) is 3.77. The number of carbonyl (C=O) groups is 1. The molecular formula is C21H25N3O4S2. The Bertz CT molecular complexity index is 1010. The molecule has 2 heterocycles. The summed E-state index contributed by atoms with van der Waals surface area (Å²) in [6, 6.07) is 8.60. The first-order chi connectivity index (χ1) is 14.3. The van der Waals surface area contributed by atoms with Crippen molar-refractivity contribution in [3.05, 3.63) is 35.9 Å². The Hall–Kier alpha value is -1.86. The minimum atomic E-state index is -3.44. The van der Waals surface area contributed by atoms with Gasteiger partial charge in [-0.25, -0.2) is 13.1 Å². The van der Waals surface area contributed by atoms with Gasteiger partial charge in [-0.1, -0.05) is 36.3 Å². The van der Waals surface area contributed by atoms with Gasteiger partial charge in [-0.3, -0.25) is 9.79 Å². The lowest BCUT2D eigenvalue weighted by molar-refractivity contribution is -0.161. The molecule has 3 aliphatic rings. The number of carbonyl (C=O) groups excluding carboxylic acids is 1. The van der Waals surface area contributed by atoms with Gasteiger partial charge >= 0.3 is 0 Å². The summed E-state index contributed by atoms with van der Waals surface area (Å²) in [6.45, 7) is 0.406. The van der Waals surface area contributed by atoms with Crippen LogP contribution in [0.5, 0.6) is 0 Å². The number of thioether (sulfide) groups is 1. The number of aliphatic hydroxyl groups is 1. The molecule has 7 nitrogen and oxygen atoms in total. The van der Waals surface area contributed by atoms with Gasteiger partial charge in [0.25, 0.3) is 5.91 Å². The second-order valence-corrected chi connectivity index (χ2v) is 10.7. The second kappa shape index (κ2) is 8.35. The maximum atomic E-state index is 13.0. The molecule has 1 aromatic rings. The van der Waals surface area contributed by atoms with E-state index in [1.807, 2.05) is 30.3 Å². The number of rotatable bonds is 6. The fourth-order valence-corrected chi connectivity index (χ4v) is 5.75. The molecule has 9 heteroatoms. The van der Waals surface area contributed by atoms with Crippen molar-refractivity contribution in [3.63, 3.8) is 0 Å². The van der Waals surface area contributed by atoms with Crippen molar-refractivity contribution in [1.82, 2.24) is 9.62 Å². The molecule has 3 unspecified atom stereocenters. The number of nitrogens with one attached hydrogen (secondary N) is 1. The summed E-state index contributed by atoms with van der Waals surface area (Å²) < 4.78 is 26.4. The fourth-order valence-electron chi connectivity index (χ4n) is 4.20. The van der Waals surface area contributed by atoms with E-state index in [1.54, 1.807) is 4.90 Å². The van der Waals surface area contributed by atoms with E-state index in [9.17, 15) is 18.3 Å². The van der Waals surface area contributed by atoms with E-state index in [2.05, 4.69) is 15.9 Å². The van der Waals surface area contributed by atoms with Crippen molar-refractivity contribution in [3.8, 4) is 11.2 Å². The molecule has 2 N–H and O–H groups in total. The van der Waals surface area contributed by atoms with Gasteiger partial charge in [-0.15, -0.1) is 0 Å². The molecule has 1 aromatic carbocycles. The summed E-state index contributed by atoms with van der Waals surface area (Å²) in [5.74, 6) is 2.80. The van der Waals surface area contributed by atoms with Crippen LogP contribution in [0.25, 0.3) is 0 Å². The number of aliphatic imine (C=N–C) groups is 1. The van der Waals surface area contributed by atoms with Crippen LogP contribution in [-0.2, 0) is 14.8 Å². The minimum absolute atomic E-state index is 0.304. The average molecular weight is 448 g/mol. The molecule has 30 heavy (non-hydrogen) atoms. The molecule has 1 aliphatic carbocycles. The first kappa shape index (κ1) is 21.4. The number of amides is 1. The number of likely N-dealkylation sites (tertiary alicyclic amines) is 1. The predicted octanol–water partition coefficient (Wildman–Crippen LogP) is 1.33. The fraction of sp³-hybridized carbons (Fsp3) is 0.524. The number of hydrogen-bond acceptors (Lipinski definition) is 6. The maximum Gasteiger partial charge on any atom is 0.254 e. The Labute approximate surface area is 181 Å². The van der Waals surface area contributed by atoms with E-state index in [1.165, 1.54) is 11.8 Å². The van der Waals surface area contributed by atoms with Crippen molar-refractivity contribution in [2.75, 3.05) is 12.8 Å². The topological polar surface area (TPSA) is 99.1 Å². The third kappa shape index (κ3) is 4.57. The number of hydrogen-bond donors (Lipinski definition) is 2. The first-order valence-electron chi connectivity index (χ1n) is 10.1. The molecule has 2 aliphatic heterocycles. The first-order valence-corrected chi connectivity index (χ1v) is 12.8. The molecule has 0 radical (unpaired) electrons. The van der Waals surface area contributed by atoms with Crippen LogP contribution in [0.3, 0.4) is 0 Å². The zero-order valence-corrected chi connectivity index (χ0v) is 18.4. The van der Waals surface area contributed by atoms with Crippen LogP contribution in [0.1, 0.15) is 37.7 Å². The van der Waals surface area contributed by atoms with Crippen LogP contribution in [0.15, 0.2) is 35.3 Å².